The molecule has 0 fully saturated rings. The van der Waals surface area contributed by atoms with Gasteiger partial charge in [0.2, 0.25) is 0 Å². The lowest BCUT2D eigenvalue weighted by molar-refractivity contribution is 0.280. The molecule has 1 heterocycles. The zero-order valence-corrected chi connectivity index (χ0v) is 10.1. The lowest BCUT2D eigenvalue weighted by Gasteiger charge is -2.10. The normalized spacial score (nSPS) is 10.8. The molecule has 0 saturated carbocycles. The highest BCUT2D eigenvalue weighted by molar-refractivity contribution is 5.19. The van der Waals surface area contributed by atoms with Crippen molar-refractivity contribution in [3.63, 3.8) is 0 Å². The van der Waals surface area contributed by atoms with Crippen molar-refractivity contribution in [2.45, 2.75) is 12.8 Å². The summed E-state index contributed by atoms with van der Waals surface area (Å²) in [5, 5.41) is 0. The highest BCUT2D eigenvalue weighted by atomic mass is 16.5. The second kappa shape index (κ2) is 7.19. The van der Waals surface area contributed by atoms with Crippen molar-refractivity contribution in [2.75, 3.05) is 33.8 Å². The third kappa shape index (κ3) is 5.09. The van der Waals surface area contributed by atoms with Crippen LogP contribution >= 0.6 is 0 Å². The van der Waals surface area contributed by atoms with Crippen molar-refractivity contribution in [3.05, 3.63) is 24.0 Å². The largest absolute Gasteiger partial charge is 0.492 e. The lowest BCUT2D eigenvalue weighted by atomic mass is 10.3. The zero-order chi connectivity index (χ0) is 11.8. The SMILES string of the molecule is CN(C)CCCOc1ccc(CCN)nc1. The highest BCUT2D eigenvalue weighted by Gasteiger charge is 1.97. The number of nitrogens with zero attached hydrogens (tertiary/aromatic N) is 2. The van der Waals surface area contributed by atoms with E-state index in [2.05, 4.69) is 24.0 Å². The van der Waals surface area contributed by atoms with E-state index in [4.69, 9.17) is 10.5 Å². The molecule has 0 saturated heterocycles. The average Bonchev–Trinajstić information content (AvgIpc) is 2.27. The van der Waals surface area contributed by atoms with Gasteiger partial charge in [-0.2, -0.15) is 0 Å². The number of nitrogens with two attached hydrogens (primary N) is 1. The first-order valence-corrected chi connectivity index (χ1v) is 5.65. The molecule has 1 rings (SSSR count). The van der Waals surface area contributed by atoms with Gasteiger partial charge in [0, 0.05) is 18.7 Å². The van der Waals surface area contributed by atoms with Crippen molar-refractivity contribution < 1.29 is 4.74 Å². The van der Waals surface area contributed by atoms with Gasteiger partial charge < -0.3 is 15.4 Å². The van der Waals surface area contributed by atoms with Crippen LogP contribution in [-0.2, 0) is 6.42 Å². The van der Waals surface area contributed by atoms with E-state index < -0.39 is 0 Å². The first-order chi connectivity index (χ1) is 7.72. The third-order valence-corrected chi connectivity index (χ3v) is 2.22. The predicted octanol–water partition coefficient (Wildman–Crippen LogP) is 0.913. The minimum Gasteiger partial charge on any atom is -0.492 e. The van der Waals surface area contributed by atoms with Gasteiger partial charge in [0.15, 0.2) is 0 Å². The molecule has 16 heavy (non-hydrogen) atoms. The van der Waals surface area contributed by atoms with Crippen LogP contribution in [-0.4, -0.2) is 43.7 Å². The third-order valence-electron chi connectivity index (χ3n) is 2.22. The number of rotatable bonds is 7. The van der Waals surface area contributed by atoms with Gasteiger partial charge in [0.1, 0.15) is 5.75 Å². The van der Waals surface area contributed by atoms with E-state index in [0.717, 1.165) is 37.4 Å². The fourth-order valence-electron chi connectivity index (χ4n) is 1.36. The molecule has 0 aliphatic heterocycles. The quantitative estimate of drug-likeness (QED) is 0.698. The van der Waals surface area contributed by atoms with E-state index in [1.54, 1.807) is 6.20 Å². The van der Waals surface area contributed by atoms with E-state index in [1.807, 2.05) is 12.1 Å². The molecule has 0 bridgehead atoms. The summed E-state index contributed by atoms with van der Waals surface area (Å²) in [6.45, 7) is 2.41. The van der Waals surface area contributed by atoms with E-state index in [9.17, 15) is 0 Å². The second-order valence-electron chi connectivity index (χ2n) is 4.03. The summed E-state index contributed by atoms with van der Waals surface area (Å²) >= 11 is 0. The van der Waals surface area contributed by atoms with Crippen LogP contribution < -0.4 is 10.5 Å². The molecule has 0 spiro atoms. The van der Waals surface area contributed by atoms with E-state index in [-0.39, 0.29) is 0 Å². The van der Waals surface area contributed by atoms with Crippen molar-refractivity contribution >= 4 is 0 Å². The van der Waals surface area contributed by atoms with Crippen molar-refractivity contribution in [1.82, 2.24) is 9.88 Å². The Labute approximate surface area is 97.4 Å². The Bertz CT molecular complexity index is 285. The van der Waals surface area contributed by atoms with Gasteiger partial charge in [-0.1, -0.05) is 0 Å². The van der Waals surface area contributed by atoms with E-state index in [0.29, 0.717) is 6.54 Å². The van der Waals surface area contributed by atoms with Gasteiger partial charge in [-0.25, -0.2) is 0 Å². The number of pyridine rings is 1. The van der Waals surface area contributed by atoms with E-state index >= 15 is 0 Å². The maximum Gasteiger partial charge on any atom is 0.137 e. The van der Waals surface area contributed by atoms with Gasteiger partial charge >= 0.3 is 0 Å². The summed E-state index contributed by atoms with van der Waals surface area (Å²) in [6, 6.07) is 3.92. The fraction of sp³-hybridized carbons (Fsp3) is 0.583. The number of aromatic nitrogens is 1. The molecule has 0 radical (unpaired) electrons. The van der Waals surface area contributed by atoms with Crippen LogP contribution in [0.25, 0.3) is 0 Å². The Morgan fingerprint density at radius 2 is 2.19 bits per heavy atom. The number of hydrogen-bond donors (Lipinski definition) is 1. The Hall–Kier alpha value is -1.13. The Balaban J connectivity index is 2.26. The van der Waals surface area contributed by atoms with Crippen LogP contribution in [0.5, 0.6) is 5.75 Å². The maximum absolute atomic E-state index is 5.57. The first-order valence-electron chi connectivity index (χ1n) is 5.65. The lowest BCUT2D eigenvalue weighted by Crippen LogP contribution is -2.15. The molecule has 0 aliphatic carbocycles. The Kier molecular flexibility index (Phi) is 5.82. The molecule has 2 N–H and O–H groups in total. The smallest absolute Gasteiger partial charge is 0.137 e. The number of hydrogen-bond acceptors (Lipinski definition) is 4. The molecule has 0 aromatic carbocycles. The maximum atomic E-state index is 5.57. The minimum atomic E-state index is 0.635. The molecule has 0 atom stereocenters. The molecule has 4 heteroatoms. The molecule has 1 aromatic rings. The standard InChI is InChI=1S/C12H21N3O/c1-15(2)8-3-9-16-12-5-4-11(6-7-13)14-10-12/h4-5,10H,3,6-9,13H2,1-2H3. The van der Waals surface area contributed by atoms with Crippen molar-refractivity contribution in [3.8, 4) is 5.75 Å². The molecule has 4 nitrogen and oxygen atoms in total. The summed E-state index contributed by atoms with van der Waals surface area (Å²) in [7, 11) is 4.12. The van der Waals surface area contributed by atoms with Crippen LogP contribution in [0.4, 0.5) is 0 Å². The Morgan fingerprint density at radius 3 is 2.75 bits per heavy atom. The van der Waals surface area contributed by atoms with Gasteiger partial charge in [-0.15, -0.1) is 0 Å². The first kappa shape index (κ1) is 12.9. The molecule has 0 unspecified atom stereocenters. The van der Waals surface area contributed by atoms with Gasteiger partial charge in [-0.3, -0.25) is 4.98 Å². The molecule has 0 aliphatic rings. The van der Waals surface area contributed by atoms with Crippen LogP contribution in [0.15, 0.2) is 18.3 Å². The highest BCUT2D eigenvalue weighted by Crippen LogP contribution is 2.09. The molecule has 1 aromatic heterocycles. The second-order valence-corrected chi connectivity index (χ2v) is 4.03. The molecular formula is C12H21N3O. The number of ether oxygens (including phenoxy) is 1. The minimum absolute atomic E-state index is 0.635. The van der Waals surface area contributed by atoms with Gasteiger partial charge in [-0.05, 0) is 39.2 Å². The summed E-state index contributed by atoms with van der Waals surface area (Å²) < 4.78 is 5.57. The topological polar surface area (TPSA) is 51.4 Å². The van der Waals surface area contributed by atoms with Gasteiger partial charge in [0.25, 0.3) is 0 Å². The van der Waals surface area contributed by atoms with Crippen LogP contribution in [0.2, 0.25) is 0 Å². The molecular weight excluding hydrogens is 202 g/mol. The zero-order valence-electron chi connectivity index (χ0n) is 10.1. The van der Waals surface area contributed by atoms with Crippen LogP contribution in [0.1, 0.15) is 12.1 Å². The fourth-order valence-corrected chi connectivity index (χ4v) is 1.36. The average molecular weight is 223 g/mol. The Morgan fingerprint density at radius 1 is 1.38 bits per heavy atom. The van der Waals surface area contributed by atoms with Gasteiger partial charge in [0.05, 0.1) is 12.8 Å². The van der Waals surface area contributed by atoms with Crippen LogP contribution in [0.3, 0.4) is 0 Å². The molecule has 90 valence electrons. The monoisotopic (exact) mass is 223 g/mol. The summed E-state index contributed by atoms with van der Waals surface area (Å²) in [5.41, 5.74) is 6.47. The van der Waals surface area contributed by atoms with E-state index in [1.165, 1.54) is 0 Å². The summed E-state index contributed by atoms with van der Waals surface area (Å²) in [6.07, 6.45) is 3.61. The summed E-state index contributed by atoms with van der Waals surface area (Å²) in [4.78, 5) is 6.41. The van der Waals surface area contributed by atoms with Crippen LogP contribution in [0, 0.1) is 0 Å². The van der Waals surface area contributed by atoms with Crippen molar-refractivity contribution in [2.24, 2.45) is 5.73 Å². The predicted molar refractivity (Wildman–Crippen MR) is 65.7 cm³/mol. The summed E-state index contributed by atoms with van der Waals surface area (Å²) in [5.74, 6) is 0.833. The molecule has 0 amide bonds. The van der Waals surface area contributed by atoms with Crippen molar-refractivity contribution in [1.29, 1.82) is 0 Å².